The average molecular weight is 255 g/mol. The summed E-state index contributed by atoms with van der Waals surface area (Å²) in [6.45, 7) is 0.167. The van der Waals surface area contributed by atoms with Crippen molar-refractivity contribution >= 4 is 11.9 Å². The molecule has 2 N–H and O–H groups in total. The van der Waals surface area contributed by atoms with Gasteiger partial charge in [-0.25, -0.2) is 9.18 Å². The number of aromatic carboxylic acids is 1. The first-order valence-corrected chi connectivity index (χ1v) is 5.32. The van der Waals surface area contributed by atoms with Gasteiger partial charge < -0.3 is 15.2 Å². The molecule has 0 aliphatic rings. The van der Waals surface area contributed by atoms with Gasteiger partial charge >= 0.3 is 5.97 Å². The predicted octanol–water partition coefficient (Wildman–Crippen LogP) is 0.829. The van der Waals surface area contributed by atoms with Gasteiger partial charge in [0.05, 0.1) is 5.56 Å². The van der Waals surface area contributed by atoms with Crippen molar-refractivity contribution in [2.45, 2.75) is 6.42 Å². The van der Waals surface area contributed by atoms with E-state index in [0.29, 0.717) is 0 Å². The monoisotopic (exact) mass is 255 g/mol. The Hall–Kier alpha value is -1.95. The third-order valence-corrected chi connectivity index (χ3v) is 2.28. The Balaban J connectivity index is 2.58. The van der Waals surface area contributed by atoms with Crippen LogP contribution in [0.25, 0.3) is 0 Å². The third-order valence-electron chi connectivity index (χ3n) is 2.28. The van der Waals surface area contributed by atoms with Crippen molar-refractivity contribution < 1.29 is 23.8 Å². The van der Waals surface area contributed by atoms with E-state index in [2.05, 4.69) is 10.1 Å². The molecule has 0 saturated heterocycles. The first-order valence-electron chi connectivity index (χ1n) is 5.32. The molecule has 0 unspecified atom stereocenters. The van der Waals surface area contributed by atoms with Gasteiger partial charge in [-0.05, 0) is 30.2 Å². The molecule has 0 saturated carbocycles. The normalized spacial score (nSPS) is 10.1. The highest BCUT2D eigenvalue weighted by atomic mass is 19.1. The number of carbonyl (C=O) groups is 2. The lowest BCUT2D eigenvalue weighted by atomic mass is 10.1. The number of nitrogens with one attached hydrogen (secondary N) is 1. The molecule has 0 bridgehead atoms. The fraction of sp³-hybridized carbons (Fsp3) is 0.333. The Bertz CT molecular complexity index is 448. The van der Waals surface area contributed by atoms with Crippen LogP contribution < -0.4 is 5.32 Å². The number of carboxylic acids is 1. The van der Waals surface area contributed by atoms with Crippen LogP contribution in [0.2, 0.25) is 0 Å². The van der Waals surface area contributed by atoms with E-state index < -0.39 is 11.8 Å². The summed E-state index contributed by atoms with van der Waals surface area (Å²) in [6, 6.07) is 3.57. The smallest absolute Gasteiger partial charge is 0.335 e. The van der Waals surface area contributed by atoms with Crippen molar-refractivity contribution in [2.75, 3.05) is 20.3 Å². The number of methoxy groups -OCH3 is 1. The molecule has 98 valence electrons. The van der Waals surface area contributed by atoms with Crippen LogP contribution in [-0.2, 0) is 16.0 Å². The summed E-state index contributed by atoms with van der Waals surface area (Å²) in [7, 11) is 1.40. The maximum Gasteiger partial charge on any atom is 0.335 e. The lowest BCUT2D eigenvalue weighted by Crippen LogP contribution is -2.29. The summed E-state index contributed by atoms with van der Waals surface area (Å²) < 4.78 is 18.0. The molecule has 0 aliphatic carbocycles. The summed E-state index contributed by atoms with van der Waals surface area (Å²) in [5.74, 6) is -1.90. The van der Waals surface area contributed by atoms with E-state index >= 15 is 0 Å². The number of amides is 1. The first kappa shape index (κ1) is 14.1. The Kier molecular flexibility index (Phi) is 5.26. The molecule has 1 amide bonds. The maximum atomic E-state index is 13.4. The van der Waals surface area contributed by atoms with Crippen LogP contribution in [0.3, 0.4) is 0 Å². The number of halogens is 1. The summed E-state index contributed by atoms with van der Waals surface area (Å²) in [5, 5.41) is 11.3. The molecule has 1 aromatic carbocycles. The van der Waals surface area contributed by atoms with E-state index in [0.717, 1.165) is 6.07 Å². The van der Waals surface area contributed by atoms with Crippen LogP contribution in [-0.4, -0.2) is 37.2 Å². The Labute approximate surface area is 104 Å². The zero-order valence-electron chi connectivity index (χ0n) is 9.90. The molecule has 0 radical (unpaired) electrons. The molecule has 0 aromatic heterocycles. The van der Waals surface area contributed by atoms with E-state index in [9.17, 15) is 14.0 Å². The average Bonchev–Trinajstić information content (AvgIpc) is 2.31. The highest BCUT2D eigenvalue weighted by Gasteiger charge is 2.08. The Morgan fingerprint density at radius 3 is 2.78 bits per heavy atom. The lowest BCUT2D eigenvalue weighted by molar-refractivity contribution is -0.124. The Morgan fingerprint density at radius 2 is 2.17 bits per heavy atom. The minimum absolute atomic E-state index is 0.0228. The van der Waals surface area contributed by atoms with E-state index in [1.165, 1.54) is 19.2 Å². The van der Waals surface area contributed by atoms with Gasteiger partial charge in [0.25, 0.3) is 0 Å². The van der Waals surface area contributed by atoms with Crippen LogP contribution in [0.5, 0.6) is 0 Å². The van der Waals surface area contributed by atoms with Gasteiger partial charge in [0, 0.05) is 13.7 Å². The molecule has 5 nitrogen and oxygen atoms in total. The van der Waals surface area contributed by atoms with Crippen LogP contribution in [0, 0.1) is 5.82 Å². The lowest BCUT2D eigenvalue weighted by Gasteiger charge is -2.06. The van der Waals surface area contributed by atoms with Gasteiger partial charge in [0.2, 0.25) is 5.91 Å². The SMILES string of the molecule is COCC(=O)NCCc1cc(C(=O)O)ccc1F. The molecule has 0 fully saturated rings. The number of hydrogen-bond acceptors (Lipinski definition) is 3. The molecule has 0 aliphatic heterocycles. The number of carboxylic acid groups (broad SMARTS) is 1. The van der Waals surface area contributed by atoms with Crippen LogP contribution >= 0.6 is 0 Å². The highest BCUT2D eigenvalue weighted by molar-refractivity contribution is 5.87. The summed E-state index contributed by atoms with van der Waals surface area (Å²) >= 11 is 0. The zero-order chi connectivity index (χ0) is 13.5. The van der Waals surface area contributed by atoms with Gasteiger partial charge in [-0.3, -0.25) is 4.79 Å². The molecule has 1 rings (SSSR count). The van der Waals surface area contributed by atoms with Crippen molar-refractivity contribution in [3.63, 3.8) is 0 Å². The van der Waals surface area contributed by atoms with E-state index in [-0.39, 0.29) is 36.6 Å². The fourth-order valence-corrected chi connectivity index (χ4v) is 1.42. The van der Waals surface area contributed by atoms with Crippen molar-refractivity contribution in [3.8, 4) is 0 Å². The Morgan fingerprint density at radius 1 is 1.44 bits per heavy atom. The van der Waals surface area contributed by atoms with Crippen LogP contribution in [0.1, 0.15) is 15.9 Å². The first-order chi connectivity index (χ1) is 8.54. The second-order valence-electron chi connectivity index (χ2n) is 3.64. The van der Waals surface area contributed by atoms with Gasteiger partial charge in [-0.2, -0.15) is 0 Å². The quantitative estimate of drug-likeness (QED) is 0.789. The summed E-state index contributed by atoms with van der Waals surface area (Å²) in [5.41, 5.74) is 0.280. The molecular formula is C12H14FNO4. The number of hydrogen-bond donors (Lipinski definition) is 2. The largest absolute Gasteiger partial charge is 0.478 e. The molecule has 1 aromatic rings. The minimum atomic E-state index is -1.11. The fourth-order valence-electron chi connectivity index (χ4n) is 1.42. The molecule has 0 heterocycles. The predicted molar refractivity (Wildman–Crippen MR) is 61.9 cm³/mol. The minimum Gasteiger partial charge on any atom is -0.478 e. The van der Waals surface area contributed by atoms with Crippen LogP contribution in [0.15, 0.2) is 18.2 Å². The highest BCUT2D eigenvalue weighted by Crippen LogP contribution is 2.11. The molecule has 18 heavy (non-hydrogen) atoms. The standard InChI is InChI=1S/C12H14FNO4/c1-18-7-11(15)14-5-4-8-6-9(12(16)17)2-3-10(8)13/h2-3,6H,4-5,7H2,1H3,(H,14,15)(H,16,17). The van der Waals surface area contributed by atoms with Crippen LogP contribution in [0.4, 0.5) is 4.39 Å². The topological polar surface area (TPSA) is 75.6 Å². The van der Waals surface area contributed by atoms with Gasteiger partial charge in [0.15, 0.2) is 0 Å². The molecule has 0 atom stereocenters. The number of rotatable bonds is 6. The van der Waals surface area contributed by atoms with Gasteiger partial charge in [0.1, 0.15) is 12.4 Å². The van der Waals surface area contributed by atoms with Crippen molar-refractivity contribution in [1.82, 2.24) is 5.32 Å². The summed E-state index contributed by atoms with van der Waals surface area (Å²) in [4.78, 5) is 21.8. The zero-order valence-corrected chi connectivity index (χ0v) is 9.90. The number of carbonyl (C=O) groups excluding carboxylic acids is 1. The van der Waals surface area contributed by atoms with Crippen molar-refractivity contribution in [1.29, 1.82) is 0 Å². The van der Waals surface area contributed by atoms with Gasteiger partial charge in [-0.15, -0.1) is 0 Å². The second-order valence-corrected chi connectivity index (χ2v) is 3.64. The van der Waals surface area contributed by atoms with Gasteiger partial charge in [-0.1, -0.05) is 0 Å². The molecule has 6 heteroatoms. The molecule has 0 spiro atoms. The molecular weight excluding hydrogens is 241 g/mol. The number of ether oxygens (including phenoxy) is 1. The van der Waals surface area contributed by atoms with E-state index in [4.69, 9.17) is 5.11 Å². The summed E-state index contributed by atoms with van der Waals surface area (Å²) in [6.07, 6.45) is 0.225. The maximum absolute atomic E-state index is 13.4. The number of benzene rings is 1. The van der Waals surface area contributed by atoms with E-state index in [1.54, 1.807) is 0 Å². The van der Waals surface area contributed by atoms with Crippen molar-refractivity contribution in [2.24, 2.45) is 0 Å². The van der Waals surface area contributed by atoms with Crippen molar-refractivity contribution in [3.05, 3.63) is 35.1 Å². The third kappa shape index (κ3) is 4.14. The second kappa shape index (κ2) is 6.70. The van der Waals surface area contributed by atoms with E-state index in [1.807, 2.05) is 0 Å².